The number of nitrogens with one attached hydrogen (secondary N) is 1. The Hall–Kier alpha value is -2.78. The number of hydrogen-bond acceptors (Lipinski definition) is 5. The minimum absolute atomic E-state index is 0.361. The average molecular weight is 368 g/mol. The van der Waals surface area contributed by atoms with Crippen molar-refractivity contribution in [3.05, 3.63) is 58.1 Å². The third kappa shape index (κ3) is 4.87. The average Bonchev–Trinajstić information content (AvgIpc) is 2.56. The normalized spacial score (nSPS) is 10.1. The zero-order valence-electron chi connectivity index (χ0n) is 15.2. The number of carbonyl (C=O) groups excluding carboxylic acids is 2. The molecule has 0 atom stereocenters. The van der Waals surface area contributed by atoms with Gasteiger partial charge in [-0.1, -0.05) is 17.7 Å². The Morgan fingerprint density at radius 3 is 2.31 bits per heavy atom. The summed E-state index contributed by atoms with van der Waals surface area (Å²) in [5.41, 5.74) is 4.68. The Kier molecular flexibility index (Phi) is 6.42. The summed E-state index contributed by atoms with van der Waals surface area (Å²) in [7, 11) is 0. The molecule has 0 fully saturated rings. The van der Waals surface area contributed by atoms with E-state index in [-0.39, 0.29) is 6.61 Å². The molecule has 0 aliphatic rings. The number of aryl methyl sites for hydroxylation is 4. The molecule has 26 heavy (non-hydrogen) atoms. The summed E-state index contributed by atoms with van der Waals surface area (Å²) in [6.07, 6.45) is 0. The van der Waals surface area contributed by atoms with Gasteiger partial charge in [0.2, 0.25) is 0 Å². The number of thioether (sulfide) groups is 1. The summed E-state index contributed by atoms with van der Waals surface area (Å²) in [4.78, 5) is 25.1. The maximum atomic E-state index is 12.2. The Morgan fingerprint density at radius 1 is 1.08 bits per heavy atom. The van der Waals surface area contributed by atoms with Gasteiger partial charge in [0.15, 0.2) is 6.61 Å². The van der Waals surface area contributed by atoms with Gasteiger partial charge < -0.3 is 10.1 Å². The van der Waals surface area contributed by atoms with Crippen LogP contribution < -0.4 is 5.32 Å². The van der Waals surface area contributed by atoms with Crippen molar-refractivity contribution in [3.63, 3.8) is 0 Å². The van der Waals surface area contributed by atoms with Gasteiger partial charge in [0.25, 0.3) is 5.91 Å². The van der Waals surface area contributed by atoms with Crippen LogP contribution in [0.3, 0.4) is 0 Å². The quantitative estimate of drug-likeness (QED) is 0.484. The van der Waals surface area contributed by atoms with Crippen molar-refractivity contribution in [1.82, 2.24) is 0 Å². The molecule has 1 amide bonds. The molecule has 0 unspecified atom stereocenters. The van der Waals surface area contributed by atoms with Crippen molar-refractivity contribution in [3.8, 4) is 5.40 Å². The van der Waals surface area contributed by atoms with E-state index >= 15 is 0 Å². The van der Waals surface area contributed by atoms with Crippen molar-refractivity contribution < 1.29 is 14.3 Å². The zero-order chi connectivity index (χ0) is 19.3. The second kappa shape index (κ2) is 8.54. The van der Waals surface area contributed by atoms with Gasteiger partial charge in [0, 0.05) is 10.6 Å². The molecule has 2 aromatic rings. The highest BCUT2D eigenvalue weighted by Crippen LogP contribution is 2.27. The van der Waals surface area contributed by atoms with Crippen molar-refractivity contribution in [2.45, 2.75) is 32.6 Å². The minimum Gasteiger partial charge on any atom is -0.452 e. The van der Waals surface area contributed by atoms with Crippen molar-refractivity contribution in [2.75, 3.05) is 11.9 Å². The van der Waals surface area contributed by atoms with Crippen LogP contribution in [0.2, 0.25) is 0 Å². The van der Waals surface area contributed by atoms with Gasteiger partial charge in [-0.2, -0.15) is 5.26 Å². The van der Waals surface area contributed by atoms with Crippen LogP contribution in [-0.2, 0) is 9.53 Å². The molecular weight excluding hydrogens is 348 g/mol. The molecule has 0 aliphatic carbocycles. The fourth-order valence-corrected chi connectivity index (χ4v) is 3.24. The van der Waals surface area contributed by atoms with Crippen molar-refractivity contribution in [1.29, 1.82) is 5.26 Å². The lowest BCUT2D eigenvalue weighted by molar-refractivity contribution is -0.119. The number of rotatable bonds is 5. The molecule has 0 saturated carbocycles. The first kappa shape index (κ1) is 19.5. The highest BCUT2D eigenvalue weighted by molar-refractivity contribution is 8.03. The van der Waals surface area contributed by atoms with E-state index in [0.717, 1.165) is 38.9 Å². The molecule has 0 aliphatic heterocycles. The fourth-order valence-electron chi connectivity index (χ4n) is 2.66. The summed E-state index contributed by atoms with van der Waals surface area (Å²) in [5, 5.41) is 13.6. The van der Waals surface area contributed by atoms with Gasteiger partial charge >= 0.3 is 5.97 Å². The van der Waals surface area contributed by atoms with Crippen LogP contribution >= 0.6 is 11.8 Å². The monoisotopic (exact) mass is 368 g/mol. The van der Waals surface area contributed by atoms with E-state index < -0.39 is 11.9 Å². The second-order valence-electron chi connectivity index (χ2n) is 6.07. The number of amides is 1. The molecule has 0 spiro atoms. The van der Waals surface area contributed by atoms with Crippen LogP contribution in [0.1, 0.15) is 32.6 Å². The molecule has 1 N–H and O–H groups in total. The number of hydrogen-bond donors (Lipinski definition) is 1. The number of ether oxygens (including phenoxy) is 1. The Balaban J connectivity index is 2.01. The Labute approximate surface area is 157 Å². The molecule has 0 radical (unpaired) electrons. The lowest BCUT2D eigenvalue weighted by Gasteiger charge is -2.13. The van der Waals surface area contributed by atoms with E-state index in [2.05, 4.69) is 5.32 Å². The largest absolute Gasteiger partial charge is 0.452 e. The number of thiocyanates is 1. The standard InChI is InChI=1S/C20H20N2O3S/c1-12-5-6-17(13(2)7-12)20(24)25-10-18(23)22-19-14(3)8-16(26-11-21)9-15(19)4/h5-9H,10H2,1-4H3,(H,22,23). The molecule has 6 heteroatoms. The van der Waals surface area contributed by atoms with Gasteiger partial charge in [0.1, 0.15) is 5.40 Å². The minimum atomic E-state index is -0.521. The first-order valence-corrected chi connectivity index (χ1v) is 8.85. The first-order valence-electron chi connectivity index (χ1n) is 8.03. The van der Waals surface area contributed by atoms with Crippen molar-refractivity contribution >= 4 is 29.3 Å². The summed E-state index contributed by atoms with van der Waals surface area (Å²) in [5.74, 6) is -0.929. The van der Waals surface area contributed by atoms with Gasteiger partial charge in [-0.3, -0.25) is 4.79 Å². The fraction of sp³-hybridized carbons (Fsp3) is 0.250. The maximum absolute atomic E-state index is 12.2. The summed E-state index contributed by atoms with van der Waals surface area (Å²) >= 11 is 1.07. The lowest BCUT2D eigenvalue weighted by atomic mass is 10.1. The number of carbonyl (C=O) groups is 2. The van der Waals surface area contributed by atoms with Crippen LogP contribution in [0.4, 0.5) is 5.69 Å². The van der Waals surface area contributed by atoms with E-state index in [9.17, 15) is 9.59 Å². The van der Waals surface area contributed by atoms with E-state index in [0.29, 0.717) is 11.3 Å². The van der Waals surface area contributed by atoms with E-state index in [4.69, 9.17) is 10.00 Å². The number of benzene rings is 2. The third-order valence-electron chi connectivity index (χ3n) is 3.87. The van der Waals surface area contributed by atoms with E-state index in [1.807, 2.05) is 57.4 Å². The highest BCUT2D eigenvalue weighted by atomic mass is 32.2. The van der Waals surface area contributed by atoms with Gasteiger partial charge in [-0.15, -0.1) is 0 Å². The van der Waals surface area contributed by atoms with Crippen molar-refractivity contribution in [2.24, 2.45) is 0 Å². The van der Waals surface area contributed by atoms with Gasteiger partial charge in [0.05, 0.1) is 5.56 Å². The van der Waals surface area contributed by atoms with Gasteiger partial charge in [-0.25, -0.2) is 4.79 Å². The van der Waals surface area contributed by atoms with E-state index in [1.54, 1.807) is 6.07 Å². The number of nitriles is 1. The number of esters is 1. The molecule has 0 heterocycles. The predicted molar refractivity (Wildman–Crippen MR) is 102 cm³/mol. The van der Waals surface area contributed by atoms with Crippen LogP contribution in [0.15, 0.2) is 35.2 Å². The molecule has 134 valence electrons. The smallest absolute Gasteiger partial charge is 0.338 e. The maximum Gasteiger partial charge on any atom is 0.338 e. The number of nitrogens with zero attached hydrogens (tertiary/aromatic N) is 1. The Bertz CT molecular complexity index is 877. The highest BCUT2D eigenvalue weighted by Gasteiger charge is 2.14. The second-order valence-corrected chi connectivity index (χ2v) is 6.93. The summed E-state index contributed by atoms with van der Waals surface area (Å²) in [6.45, 7) is 7.12. The van der Waals surface area contributed by atoms with Crippen LogP contribution in [0, 0.1) is 38.4 Å². The van der Waals surface area contributed by atoms with Crippen LogP contribution in [-0.4, -0.2) is 18.5 Å². The topological polar surface area (TPSA) is 79.2 Å². The summed E-state index contributed by atoms with van der Waals surface area (Å²) in [6, 6.07) is 9.09. The molecule has 0 aromatic heterocycles. The van der Waals surface area contributed by atoms with Crippen LogP contribution in [0.25, 0.3) is 0 Å². The first-order chi connectivity index (χ1) is 12.3. The SMILES string of the molecule is Cc1ccc(C(=O)OCC(=O)Nc2c(C)cc(SC#N)cc2C)c(C)c1. The third-order valence-corrected chi connectivity index (χ3v) is 4.43. The zero-order valence-corrected chi connectivity index (χ0v) is 16.0. The van der Waals surface area contributed by atoms with E-state index in [1.165, 1.54) is 0 Å². The molecule has 5 nitrogen and oxygen atoms in total. The molecule has 2 aromatic carbocycles. The van der Waals surface area contributed by atoms with Gasteiger partial charge in [-0.05, 0) is 74.3 Å². The number of anilines is 1. The molecule has 0 saturated heterocycles. The molecule has 2 rings (SSSR count). The molecular formula is C20H20N2O3S. The Morgan fingerprint density at radius 2 is 1.73 bits per heavy atom. The van der Waals surface area contributed by atoms with Crippen LogP contribution in [0.5, 0.6) is 0 Å². The lowest BCUT2D eigenvalue weighted by Crippen LogP contribution is -2.22. The summed E-state index contributed by atoms with van der Waals surface area (Å²) < 4.78 is 5.13. The molecule has 0 bridgehead atoms. The predicted octanol–water partition coefficient (Wildman–Crippen LogP) is 4.29.